The van der Waals surface area contributed by atoms with Crippen molar-refractivity contribution in [2.75, 3.05) is 7.11 Å². The normalized spacial score (nSPS) is 14.6. The third-order valence-electron chi connectivity index (χ3n) is 1.47. The quantitative estimate of drug-likeness (QED) is 0.586. The highest BCUT2D eigenvalue weighted by molar-refractivity contribution is 6.58. The Labute approximate surface area is 112 Å². The second-order valence-electron chi connectivity index (χ2n) is 2.31. The number of rotatable bonds is 4. The van der Waals surface area contributed by atoms with Gasteiger partial charge in [-0.05, 0) is 0 Å². The molecule has 14 heavy (non-hydrogen) atoms. The van der Waals surface area contributed by atoms with Gasteiger partial charge in [0.2, 0.25) is 0 Å². The highest BCUT2D eigenvalue weighted by Crippen LogP contribution is 2.42. The van der Waals surface area contributed by atoms with Crippen LogP contribution in [0.1, 0.15) is 0 Å². The zero-order valence-corrected chi connectivity index (χ0v) is 11.4. The lowest BCUT2D eigenvalue weighted by Crippen LogP contribution is -2.49. The number of alkyl halides is 6. The zero-order valence-electron chi connectivity index (χ0n) is 6.82. The van der Waals surface area contributed by atoms with Crippen LogP contribution in [0.25, 0.3) is 0 Å². The molecule has 0 aromatic carbocycles. The summed E-state index contributed by atoms with van der Waals surface area (Å²) in [6.45, 7) is 0. The van der Waals surface area contributed by atoms with Crippen molar-refractivity contribution < 1.29 is 9.53 Å². The molecule has 0 spiro atoms. The molecule has 0 rings (SSSR count). The molecule has 1 atom stereocenters. The lowest BCUT2D eigenvalue weighted by molar-refractivity contribution is -0.140. The Morgan fingerprint density at radius 1 is 1.14 bits per heavy atom. The van der Waals surface area contributed by atoms with Gasteiger partial charge in [0.05, 0.1) is 7.11 Å². The van der Waals surface area contributed by atoms with Crippen LogP contribution >= 0.6 is 69.6 Å². The number of esters is 1. The lowest BCUT2D eigenvalue weighted by atomic mass is 10.1. The standard InChI is InChI=1S/C6H6Cl6O2/c1-14-3(13)2(7)6(12,4(8)9)5(10)11/h2,4-5H,1H3. The summed E-state index contributed by atoms with van der Waals surface area (Å²) >= 11 is 33.8. The number of halogens is 6. The van der Waals surface area contributed by atoms with Crippen molar-refractivity contribution in [2.45, 2.75) is 19.9 Å². The Morgan fingerprint density at radius 2 is 1.50 bits per heavy atom. The molecule has 0 aliphatic heterocycles. The van der Waals surface area contributed by atoms with E-state index in [4.69, 9.17) is 69.6 Å². The molecule has 0 radical (unpaired) electrons. The highest BCUT2D eigenvalue weighted by Gasteiger charge is 2.51. The Hall–Kier alpha value is 1.21. The molecule has 84 valence electrons. The number of carbonyl (C=O) groups is 1. The predicted molar refractivity (Wildman–Crippen MR) is 61.2 cm³/mol. The molecule has 0 bridgehead atoms. The van der Waals surface area contributed by atoms with E-state index >= 15 is 0 Å². The summed E-state index contributed by atoms with van der Waals surface area (Å²) in [6, 6.07) is 0. The van der Waals surface area contributed by atoms with Crippen LogP contribution in [0.2, 0.25) is 0 Å². The second-order valence-corrected chi connectivity index (χ2v) is 5.60. The van der Waals surface area contributed by atoms with Gasteiger partial charge in [0, 0.05) is 0 Å². The molecule has 2 nitrogen and oxygen atoms in total. The number of carbonyl (C=O) groups excluding carboxylic acids is 1. The summed E-state index contributed by atoms with van der Waals surface area (Å²) in [4.78, 5) is 6.97. The molecule has 1 unspecified atom stereocenters. The molecular formula is C6H6Cl6O2. The minimum atomic E-state index is -1.69. The van der Waals surface area contributed by atoms with Crippen molar-refractivity contribution in [1.82, 2.24) is 0 Å². The minimum Gasteiger partial charge on any atom is -0.468 e. The molecule has 0 saturated carbocycles. The van der Waals surface area contributed by atoms with Gasteiger partial charge in [-0.2, -0.15) is 0 Å². The highest BCUT2D eigenvalue weighted by atomic mass is 35.5. The number of methoxy groups -OCH3 is 1. The monoisotopic (exact) mass is 320 g/mol. The molecule has 0 aliphatic carbocycles. The fraction of sp³-hybridized carbons (Fsp3) is 0.833. The number of ether oxygens (including phenoxy) is 1. The van der Waals surface area contributed by atoms with Crippen LogP contribution in [0.5, 0.6) is 0 Å². The summed E-state index contributed by atoms with van der Waals surface area (Å²) in [5, 5.41) is -1.34. The van der Waals surface area contributed by atoms with Crippen molar-refractivity contribution in [1.29, 1.82) is 0 Å². The van der Waals surface area contributed by atoms with Crippen LogP contribution in [0.3, 0.4) is 0 Å². The summed E-state index contributed by atoms with van der Waals surface area (Å²) in [5.74, 6) is -0.806. The van der Waals surface area contributed by atoms with Gasteiger partial charge in [0.25, 0.3) is 0 Å². The van der Waals surface area contributed by atoms with Gasteiger partial charge in [0.1, 0.15) is 14.5 Å². The van der Waals surface area contributed by atoms with Crippen molar-refractivity contribution in [3.8, 4) is 0 Å². The fourth-order valence-corrected chi connectivity index (χ4v) is 2.55. The number of hydrogen-bond donors (Lipinski definition) is 0. The largest absolute Gasteiger partial charge is 0.468 e. The van der Waals surface area contributed by atoms with Crippen molar-refractivity contribution in [3.63, 3.8) is 0 Å². The Kier molecular flexibility index (Phi) is 6.60. The Morgan fingerprint density at radius 3 is 1.71 bits per heavy atom. The summed E-state index contributed by atoms with van der Waals surface area (Å²) in [7, 11) is 1.14. The molecule has 0 fully saturated rings. The van der Waals surface area contributed by atoms with Gasteiger partial charge < -0.3 is 4.74 Å². The molecule has 0 amide bonds. The molecule has 0 aromatic rings. The van der Waals surface area contributed by atoms with Crippen molar-refractivity contribution in [3.05, 3.63) is 0 Å². The first-order valence-electron chi connectivity index (χ1n) is 3.25. The van der Waals surface area contributed by atoms with Gasteiger partial charge in [0.15, 0.2) is 5.38 Å². The van der Waals surface area contributed by atoms with E-state index in [1.165, 1.54) is 0 Å². The van der Waals surface area contributed by atoms with E-state index in [2.05, 4.69) is 4.74 Å². The van der Waals surface area contributed by atoms with Crippen LogP contribution in [-0.2, 0) is 9.53 Å². The summed E-state index contributed by atoms with van der Waals surface area (Å²) in [5.41, 5.74) is 0. The van der Waals surface area contributed by atoms with Crippen molar-refractivity contribution in [2.24, 2.45) is 0 Å². The van der Waals surface area contributed by atoms with Crippen LogP contribution in [0, 0.1) is 0 Å². The fourth-order valence-electron chi connectivity index (χ4n) is 0.601. The molecule has 0 N–H and O–H groups in total. The summed E-state index contributed by atoms with van der Waals surface area (Å²) in [6.07, 6.45) is 0. The SMILES string of the molecule is COC(=O)C(Cl)C(Cl)(C(Cl)Cl)C(Cl)Cl. The third-order valence-corrected chi connectivity index (χ3v) is 4.66. The molecular weight excluding hydrogens is 317 g/mol. The lowest BCUT2D eigenvalue weighted by Gasteiger charge is -2.31. The first-order chi connectivity index (χ1) is 6.28. The zero-order chi connectivity index (χ0) is 11.5. The first-order valence-corrected chi connectivity index (χ1v) is 5.81. The van der Waals surface area contributed by atoms with Crippen LogP contribution < -0.4 is 0 Å². The van der Waals surface area contributed by atoms with Gasteiger partial charge >= 0.3 is 5.97 Å². The maximum Gasteiger partial charge on any atom is 0.325 e. The minimum absolute atomic E-state index is 0.806. The van der Waals surface area contributed by atoms with E-state index in [9.17, 15) is 4.79 Å². The number of hydrogen-bond acceptors (Lipinski definition) is 2. The maximum absolute atomic E-state index is 11.1. The average molecular weight is 323 g/mol. The van der Waals surface area contributed by atoms with E-state index in [1.54, 1.807) is 0 Å². The van der Waals surface area contributed by atoms with Gasteiger partial charge in [-0.15, -0.1) is 69.6 Å². The third kappa shape index (κ3) is 3.10. The maximum atomic E-state index is 11.1. The first kappa shape index (κ1) is 15.2. The van der Waals surface area contributed by atoms with E-state index in [0.717, 1.165) is 7.11 Å². The van der Waals surface area contributed by atoms with E-state index < -0.39 is 25.9 Å². The van der Waals surface area contributed by atoms with Crippen LogP contribution in [-0.4, -0.2) is 33.0 Å². The predicted octanol–water partition coefficient (Wildman–Crippen LogP) is 3.35. The average Bonchev–Trinajstić information content (AvgIpc) is 2.13. The van der Waals surface area contributed by atoms with Crippen LogP contribution in [0.4, 0.5) is 0 Å². The summed E-state index contributed by atoms with van der Waals surface area (Å²) < 4.78 is 4.37. The molecule has 0 aliphatic rings. The molecule has 8 heteroatoms. The molecule has 0 saturated heterocycles. The smallest absolute Gasteiger partial charge is 0.325 e. The topological polar surface area (TPSA) is 26.3 Å². The Balaban J connectivity index is 4.92. The molecule has 0 aromatic heterocycles. The Bertz CT molecular complexity index is 198. The van der Waals surface area contributed by atoms with E-state index in [1.807, 2.05) is 0 Å². The van der Waals surface area contributed by atoms with E-state index in [0.29, 0.717) is 0 Å². The van der Waals surface area contributed by atoms with Gasteiger partial charge in [-0.25, -0.2) is 0 Å². The van der Waals surface area contributed by atoms with Gasteiger partial charge in [-0.3, -0.25) is 4.79 Å². The van der Waals surface area contributed by atoms with Crippen LogP contribution in [0.15, 0.2) is 0 Å². The second kappa shape index (κ2) is 6.07. The molecule has 0 heterocycles. The van der Waals surface area contributed by atoms with Crippen molar-refractivity contribution >= 4 is 75.6 Å². The van der Waals surface area contributed by atoms with E-state index in [-0.39, 0.29) is 0 Å². The van der Waals surface area contributed by atoms with Gasteiger partial charge in [-0.1, -0.05) is 0 Å².